The number of benzene rings is 1. The Morgan fingerprint density at radius 1 is 1.44 bits per heavy atom. The lowest BCUT2D eigenvalue weighted by atomic mass is 10.1. The monoisotopic (exact) mass is 312 g/mol. The van der Waals surface area contributed by atoms with Crippen molar-refractivity contribution in [1.82, 2.24) is 0 Å². The maximum absolute atomic E-state index is 11.8. The van der Waals surface area contributed by atoms with E-state index in [0.717, 1.165) is 34.4 Å². The molecule has 0 aliphatic carbocycles. The summed E-state index contributed by atoms with van der Waals surface area (Å²) in [7, 11) is 0. The molecule has 0 unspecified atom stereocenters. The average Bonchev–Trinajstić information content (AvgIpc) is 2.67. The molecule has 0 bridgehead atoms. The Morgan fingerprint density at radius 3 is 2.83 bits per heavy atom. The van der Waals surface area contributed by atoms with E-state index in [0.29, 0.717) is 0 Å². The van der Waals surface area contributed by atoms with Crippen LogP contribution in [0.15, 0.2) is 16.6 Å². The van der Waals surface area contributed by atoms with E-state index < -0.39 is 11.7 Å². The van der Waals surface area contributed by atoms with Crippen molar-refractivity contribution in [2.75, 3.05) is 17.2 Å². The molecule has 4 nitrogen and oxygen atoms in total. The van der Waals surface area contributed by atoms with Crippen LogP contribution in [0.25, 0.3) is 0 Å². The third-order valence-electron chi connectivity index (χ3n) is 2.58. The van der Waals surface area contributed by atoms with Crippen LogP contribution in [-0.4, -0.2) is 18.2 Å². The minimum atomic E-state index is -0.493. The number of amides is 1. The molecule has 0 fully saturated rings. The SMILES string of the molecule is CC(C)(C)OC(=O)Nc1c(Br)ccc2c1CCN2. The summed E-state index contributed by atoms with van der Waals surface area (Å²) in [5.41, 5.74) is 2.50. The zero-order chi connectivity index (χ0) is 13.3. The first-order valence-corrected chi connectivity index (χ1v) is 6.71. The Morgan fingerprint density at radius 2 is 2.17 bits per heavy atom. The average molecular weight is 313 g/mol. The van der Waals surface area contributed by atoms with Crippen molar-refractivity contribution in [3.05, 3.63) is 22.2 Å². The molecule has 98 valence electrons. The first-order valence-electron chi connectivity index (χ1n) is 5.92. The molecule has 1 aromatic carbocycles. The Labute approximate surface area is 115 Å². The van der Waals surface area contributed by atoms with Gasteiger partial charge in [-0.05, 0) is 55.3 Å². The van der Waals surface area contributed by atoms with Crippen LogP contribution >= 0.6 is 15.9 Å². The van der Waals surface area contributed by atoms with Crippen LogP contribution in [0.3, 0.4) is 0 Å². The van der Waals surface area contributed by atoms with E-state index in [1.165, 1.54) is 0 Å². The van der Waals surface area contributed by atoms with Crippen molar-refractivity contribution in [3.8, 4) is 0 Å². The summed E-state index contributed by atoms with van der Waals surface area (Å²) < 4.78 is 6.14. The summed E-state index contributed by atoms with van der Waals surface area (Å²) in [6.07, 6.45) is 0.475. The summed E-state index contributed by atoms with van der Waals surface area (Å²) in [6.45, 7) is 6.44. The van der Waals surface area contributed by atoms with Crippen molar-refractivity contribution in [2.24, 2.45) is 0 Å². The molecule has 1 aromatic rings. The molecule has 1 aliphatic rings. The number of carbonyl (C=O) groups is 1. The summed E-state index contributed by atoms with van der Waals surface area (Å²) in [5, 5.41) is 6.10. The molecule has 0 saturated heterocycles. The van der Waals surface area contributed by atoms with E-state index >= 15 is 0 Å². The molecule has 0 spiro atoms. The van der Waals surface area contributed by atoms with Gasteiger partial charge >= 0.3 is 6.09 Å². The molecule has 1 heterocycles. The van der Waals surface area contributed by atoms with Crippen LogP contribution < -0.4 is 10.6 Å². The molecule has 5 heteroatoms. The number of carbonyl (C=O) groups excluding carboxylic acids is 1. The van der Waals surface area contributed by atoms with Gasteiger partial charge in [0.05, 0.1) is 5.69 Å². The first kappa shape index (κ1) is 13.2. The maximum Gasteiger partial charge on any atom is 0.412 e. The fourth-order valence-corrected chi connectivity index (χ4v) is 2.38. The van der Waals surface area contributed by atoms with Gasteiger partial charge in [-0.25, -0.2) is 4.79 Å². The highest BCUT2D eigenvalue weighted by atomic mass is 79.9. The number of rotatable bonds is 1. The predicted molar refractivity (Wildman–Crippen MR) is 76.2 cm³/mol. The summed E-state index contributed by atoms with van der Waals surface area (Å²) in [4.78, 5) is 11.8. The fourth-order valence-electron chi connectivity index (χ4n) is 1.91. The van der Waals surface area contributed by atoms with Crippen LogP contribution in [0.5, 0.6) is 0 Å². The molecule has 1 amide bonds. The summed E-state index contributed by atoms with van der Waals surface area (Å²) in [6, 6.07) is 3.93. The normalized spacial score (nSPS) is 13.8. The molecule has 0 aromatic heterocycles. The van der Waals surface area contributed by atoms with Gasteiger partial charge in [-0.2, -0.15) is 0 Å². The van der Waals surface area contributed by atoms with Gasteiger partial charge in [0.2, 0.25) is 0 Å². The molecule has 0 radical (unpaired) electrons. The highest BCUT2D eigenvalue weighted by Gasteiger charge is 2.21. The largest absolute Gasteiger partial charge is 0.444 e. The zero-order valence-corrected chi connectivity index (χ0v) is 12.3. The lowest BCUT2D eigenvalue weighted by Gasteiger charge is -2.20. The standard InChI is InChI=1S/C13H17BrN2O2/c1-13(2,3)18-12(17)16-11-8-6-7-15-10(8)5-4-9(11)14/h4-5,15H,6-7H2,1-3H3,(H,16,17). The highest BCUT2D eigenvalue weighted by Crippen LogP contribution is 2.35. The predicted octanol–water partition coefficient (Wildman–Crippen LogP) is 3.76. The van der Waals surface area contributed by atoms with Crippen LogP contribution in [0.4, 0.5) is 16.2 Å². The van der Waals surface area contributed by atoms with Gasteiger partial charge < -0.3 is 10.1 Å². The Kier molecular flexibility index (Phi) is 3.52. The highest BCUT2D eigenvalue weighted by molar-refractivity contribution is 9.10. The van der Waals surface area contributed by atoms with Gasteiger partial charge in [-0.15, -0.1) is 0 Å². The number of anilines is 2. The topological polar surface area (TPSA) is 50.4 Å². The van der Waals surface area contributed by atoms with E-state index in [1.807, 2.05) is 32.9 Å². The quantitative estimate of drug-likeness (QED) is 0.830. The number of ether oxygens (including phenoxy) is 1. The minimum Gasteiger partial charge on any atom is -0.444 e. The zero-order valence-electron chi connectivity index (χ0n) is 10.8. The van der Waals surface area contributed by atoms with Crippen molar-refractivity contribution in [3.63, 3.8) is 0 Å². The molecule has 2 N–H and O–H groups in total. The van der Waals surface area contributed by atoms with Crippen molar-refractivity contribution < 1.29 is 9.53 Å². The van der Waals surface area contributed by atoms with Crippen LogP contribution in [0.1, 0.15) is 26.3 Å². The Bertz CT molecular complexity index is 481. The van der Waals surface area contributed by atoms with E-state index in [1.54, 1.807) is 0 Å². The summed E-state index contributed by atoms with van der Waals surface area (Å²) in [5.74, 6) is 0. The molecule has 0 saturated carbocycles. The number of hydrogen-bond acceptors (Lipinski definition) is 3. The van der Waals surface area contributed by atoms with Gasteiger partial charge in [-0.1, -0.05) is 0 Å². The smallest absolute Gasteiger partial charge is 0.412 e. The van der Waals surface area contributed by atoms with Gasteiger partial charge in [0.15, 0.2) is 0 Å². The van der Waals surface area contributed by atoms with E-state index in [-0.39, 0.29) is 0 Å². The molecule has 0 atom stereocenters. The van der Waals surface area contributed by atoms with Crippen LogP contribution in [-0.2, 0) is 11.2 Å². The lowest BCUT2D eigenvalue weighted by Crippen LogP contribution is -2.27. The molecule has 2 rings (SSSR count). The molecular weight excluding hydrogens is 296 g/mol. The summed E-state index contributed by atoms with van der Waals surface area (Å²) >= 11 is 3.46. The van der Waals surface area contributed by atoms with E-state index in [4.69, 9.17) is 4.74 Å². The second-order valence-corrected chi connectivity index (χ2v) is 6.11. The maximum atomic E-state index is 11.8. The number of fused-ring (bicyclic) bond motifs is 1. The number of hydrogen-bond donors (Lipinski definition) is 2. The van der Waals surface area contributed by atoms with Gasteiger partial charge in [-0.3, -0.25) is 5.32 Å². The van der Waals surface area contributed by atoms with Crippen molar-refractivity contribution >= 4 is 33.4 Å². The first-order chi connectivity index (χ1) is 8.37. The second kappa shape index (κ2) is 4.80. The molecular formula is C13H17BrN2O2. The van der Waals surface area contributed by atoms with Crippen molar-refractivity contribution in [1.29, 1.82) is 0 Å². The van der Waals surface area contributed by atoms with Gasteiger partial charge in [0, 0.05) is 22.3 Å². The van der Waals surface area contributed by atoms with Crippen molar-refractivity contribution in [2.45, 2.75) is 32.8 Å². The molecule has 18 heavy (non-hydrogen) atoms. The Hall–Kier alpha value is -1.23. The Balaban J connectivity index is 2.19. The van der Waals surface area contributed by atoms with Crippen LogP contribution in [0.2, 0.25) is 0 Å². The van der Waals surface area contributed by atoms with Crippen LogP contribution in [0, 0.1) is 0 Å². The fraction of sp³-hybridized carbons (Fsp3) is 0.462. The molecule has 1 aliphatic heterocycles. The van der Waals surface area contributed by atoms with E-state index in [2.05, 4.69) is 26.6 Å². The number of nitrogens with one attached hydrogen (secondary N) is 2. The van der Waals surface area contributed by atoms with Gasteiger partial charge in [0.25, 0.3) is 0 Å². The second-order valence-electron chi connectivity index (χ2n) is 5.25. The third-order valence-corrected chi connectivity index (χ3v) is 3.24. The van der Waals surface area contributed by atoms with Gasteiger partial charge in [0.1, 0.15) is 5.60 Å². The lowest BCUT2D eigenvalue weighted by molar-refractivity contribution is 0.0635. The number of halogens is 1. The third kappa shape index (κ3) is 2.96. The minimum absolute atomic E-state index is 0.427. The van der Waals surface area contributed by atoms with E-state index in [9.17, 15) is 4.79 Å².